The second kappa shape index (κ2) is 8.14. The minimum absolute atomic E-state index is 0.122. The van der Waals surface area contributed by atoms with Crippen molar-refractivity contribution in [3.8, 4) is 0 Å². The zero-order valence-electron chi connectivity index (χ0n) is 14.4. The van der Waals surface area contributed by atoms with Gasteiger partial charge < -0.3 is 10.0 Å². The van der Waals surface area contributed by atoms with Crippen LogP contribution in [0.2, 0.25) is 5.02 Å². The van der Waals surface area contributed by atoms with E-state index in [0.29, 0.717) is 22.7 Å². The number of aliphatic carboxylic acids is 1. The number of rotatable bonds is 6. The molecule has 6 heteroatoms. The van der Waals surface area contributed by atoms with Gasteiger partial charge in [0.05, 0.1) is 0 Å². The largest absolute Gasteiger partial charge is 0.480 e. The number of carbonyl (C=O) groups is 2. The quantitative estimate of drug-likeness (QED) is 0.858. The maximum absolute atomic E-state index is 12.0. The van der Waals surface area contributed by atoms with Crippen LogP contribution in [0.1, 0.15) is 27.5 Å². The van der Waals surface area contributed by atoms with Gasteiger partial charge in [-0.1, -0.05) is 41.9 Å². The molecule has 0 unspecified atom stereocenters. The third-order valence-corrected chi connectivity index (χ3v) is 4.30. The summed E-state index contributed by atoms with van der Waals surface area (Å²) in [4.78, 5) is 26.9. The summed E-state index contributed by atoms with van der Waals surface area (Å²) in [6.45, 7) is 0.398. The van der Waals surface area contributed by atoms with E-state index >= 15 is 0 Å². The fourth-order valence-electron chi connectivity index (χ4n) is 2.64. The van der Waals surface area contributed by atoms with E-state index in [0.717, 1.165) is 5.56 Å². The summed E-state index contributed by atoms with van der Waals surface area (Å²) in [7, 11) is 5.09. The van der Waals surface area contributed by atoms with Gasteiger partial charge in [-0.05, 0) is 36.4 Å². The van der Waals surface area contributed by atoms with Gasteiger partial charge in [0.25, 0.3) is 5.91 Å². The summed E-state index contributed by atoms with van der Waals surface area (Å²) in [6.07, 6.45) is 0. The van der Waals surface area contributed by atoms with Crippen molar-refractivity contribution >= 4 is 23.5 Å². The van der Waals surface area contributed by atoms with E-state index in [1.807, 2.05) is 18.2 Å². The standard InChI is InChI=1S/C19H21ClN2O3/c1-21(2)18(23)14-10-8-13(9-11-14)17(19(24)25)22(3)12-15-6-4-5-7-16(15)20/h4-11,17H,12H2,1-3H3,(H,24,25)/t17-/m1/s1. The first-order valence-electron chi connectivity index (χ1n) is 7.79. The Kier molecular flexibility index (Phi) is 6.17. The molecule has 0 aliphatic carbocycles. The topological polar surface area (TPSA) is 60.9 Å². The van der Waals surface area contributed by atoms with Crippen LogP contribution in [0.15, 0.2) is 48.5 Å². The van der Waals surface area contributed by atoms with E-state index in [-0.39, 0.29) is 5.91 Å². The molecule has 0 aliphatic heterocycles. The van der Waals surface area contributed by atoms with Crippen LogP contribution in [0, 0.1) is 0 Å². The van der Waals surface area contributed by atoms with Crippen molar-refractivity contribution in [3.05, 3.63) is 70.2 Å². The summed E-state index contributed by atoms with van der Waals surface area (Å²) < 4.78 is 0. The van der Waals surface area contributed by atoms with E-state index in [1.165, 1.54) is 4.90 Å². The molecule has 25 heavy (non-hydrogen) atoms. The Labute approximate surface area is 152 Å². The van der Waals surface area contributed by atoms with Gasteiger partial charge in [-0.25, -0.2) is 0 Å². The second-order valence-electron chi connectivity index (χ2n) is 6.07. The molecule has 0 heterocycles. The van der Waals surface area contributed by atoms with Gasteiger partial charge in [0.1, 0.15) is 6.04 Å². The van der Waals surface area contributed by atoms with Gasteiger partial charge in [0.2, 0.25) is 0 Å². The van der Waals surface area contributed by atoms with Gasteiger partial charge in [-0.15, -0.1) is 0 Å². The van der Waals surface area contributed by atoms with Gasteiger partial charge in [0.15, 0.2) is 0 Å². The minimum atomic E-state index is -0.957. The first-order chi connectivity index (χ1) is 11.8. The molecule has 2 aromatic carbocycles. The average molecular weight is 361 g/mol. The molecule has 0 aromatic heterocycles. The van der Waals surface area contributed by atoms with Crippen molar-refractivity contribution in [3.63, 3.8) is 0 Å². The molecule has 1 amide bonds. The molecule has 0 saturated carbocycles. The van der Waals surface area contributed by atoms with Crippen molar-refractivity contribution in [2.75, 3.05) is 21.1 Å². The highest BCUT2D eigenvalue weighted by Crippen LogP contribution is 2.25. The van der Waals surface area contributed by atoms with Crippen LogP contribution in [0.25, 0.3) is 0 Å². The predicted octanol–water partition coefficient (Wildman–Crippen LogP) is 3.30. The molecule has 0 bridgehead atoms. The first kappa shape index (κ1) is 19.0. The lowest BCUT2D eigenvalue weighted by Crippen LogP contribution is -2.30. The van der Waals surface area contributed by atoms with Gasteiger partial charge in [-0.2, -0.15) is 0 Å². The number of hydrogen-bond donors (Lipinski definition) is 1. The van der Waals surface area contributed by atoms with Gasteiger partial charge >= 0.3 is 5.97 Å². The highest BCUT2D eigenvalue weighted by Gasteiger charge is 2.25. The molecule has 0 radical (unpaired) electrons. The van der Waals surface area contributed by atoms with Crippen LogP contribution in [0.5, 0.6) is 0 Å². The maximum atomic E-state index is 12.0. The van der Waals surface area contributed by atoms with E-state index in [4.69, 9.17) is 11.6 Å². The Morgan fingerprint density at radius 1 is 1.04 bits per heavy atom. The third-order valence-electron chi connectivity index (χ3n) is 3.93. The molecule has 2 aromatic rings. The molecule has 0 saturated heterocycles. The molecule has 0 spiro atoms. The van der Waals surface area contributed by atoms with E-state index in [1.54, 1.807) is 56.4 Å². The average Bonchev–Trinajstić information content (AvgIpc) is 2.56. The van der Waals surface area contributed by atoms with Crippen LogP contribution in [-0.2, 0) is 11.3 Å². The molecular formula is C19H21ClN2O3. The van der Waals surface area contributed by atoms with Crippen molar-refractivity contribution in [2.24, 2.45) is 0 Å². The number of carboxylic acids is 1. The molecule has 5 nitrogen and oxygen atoms in total. The van der Waals surface area contributed by atoms with Crippen LogP contribution >= 0.6 is 11.6 Å². The van der Waals surface area contributed by atoms with Crippen LogP contribution in [-0.4, -0.2) is 47.9 Å². The lowest BCUT2D eigenvalue weighted by molar-refractivity contribution is -0.143. The van der Waals surface area contributed by atoms with E-state index in [9.17, 15) is 14.7 Å². The Morgan fingerprint density at radius 2 is 1.64 bits per heavy atom. The fraction of sp³-hybridized carbons (Fsp3) is 0.263. The number of amides is 1. The van der Waals surface area contributed by atoms with Crippen molar-refractivity contribution in [1.29, 1.82) is 0 Å². The summed E-state index contributed by atoms with van der Waals surface area (Å²) in [5.41, 5.74) is 1.99. The van der Waals surface area contributed by atoms with Crippen molar-refractivity contribution in [1.82, 2.24) is 9.80 Å². The van der Waals surface area contributed by atoms with Crippen molar-refractivity contribution < 1.29 is 14.7 Å². The second-order valence-corrected chi connectivity index (χ2v) is 6.48. The highest BCUT2D eigenvalue weighted by molar-refractivity contribution is 6.31. The van der Waals surface area contributed by atoms with Crippen LogP contribution < -0.4 is 0 Å². The maximum Gasteiger partial charge on any atom is 0.325 e. The summed E-state index contributed by atoms with van der Waals surface area (Å²) in [5.74, 6) is -1.08. The molecule has 0 fully saturated rings. The normalized spacial score (nSPS) is 12.0. The predicted molar refractivity (Wildman–Crippen MR) is 97.8 cm³/mol. The number of hydrogen-bond acceptors (Lipinski definition) is 3. The molecule has 1 atom stereocenters. The Hall–Kier alpha value is -2.37. The third kappa shape index (κ3) is 4.59. The number of halogens is 1. The lowest BCUT2D eigenvalue weighted by atomic mass is 10.0. The SMILES string of the molecule is CN(C)C(=O)c1ccc([C@H](C(=O)O)N(C)Cc2ccccc2Cl)cc1. The summed E-state index contributed by atoms with van der Waals surface area (Å²) in [6, 6.07) is 13.2. The Balaban J connectivity index is 2.24. The fourth-order valence-corrected chi connectivity index (χ4v) is 2.83. The van der Waals surface area contributed by atoms with E-state index in [2.05, 4.69) is 0 Å². The molecule has 0 aliphatic rings. The van der Waals surface area contributed by atoms with Crippen LogP contribution in [0.4, 0.5) is 0 Å². The summed E-state index contributed by atoms with van der Waals surface area (Å²) in [5, 5.41) is 10.3. The molecule has 2 rings (SSSR count). The zero-order chi connectivity index (χ0) is 18.6. The molecule has 132 valence electrons. The Bertz CT molecular complexity index is 760. The first-order valence-corrected chi connectivity index (χ1v) is 8.17. The minimum Gasteiger partial charge on any atom is -0.480 e. The van der Waals surface area contributed by atoms with E-state index < -0.39 is 12.0 Å². The summed E-state index contributed by atoms with van der Waals surface area (Å²) >= 11 is 6.17. The van der Waals surface area contributed by atoms with Crippen molar-refractivity contribution in [2.45, 2.75) is 12.6 Å². The number of likely N-dealkylation sites (N-methyl/N-ethyl adjacent to an activating group) is 1. The smallest absolute Gasteiger partial charge is 0.325 e. The highest BCUT2D eigenvalue weighted by atomic mass is 35.5. The number of carboxylic acid groups (broad SMARTS) is 1. The van der Waals surface area contributed by atoms with Gasteiger partial charge in [0, 0.05) is 31.2 Å². The lowest BCUT2D eigenvalue weighted by Gasteiger charge is -2.25. The zero-order valence-corrected chi connectivity index (χ0v) is 15.2. The number of carbonyl (C=O) groups excluding carboxylic acids is 1. The molecule has 1 N–H and O–H groups in total. The van der Waals surface area contributed by atoms with Crippen LogP contribution in [0.3, 0.4) is 0 Å². The number of nitrogens with zero attached hydrogens (tertiary/aromatic N) is 2. The Morgan fingerprint density at radius 3 is 2.16 bits per heavy atom. The number of benzene rings is 2. The van der Waals surface area contributed by atoms with Gasteiger partial charge in [-0.3, -0.25) is 14.5 Å². The monoisotopic (exact) mass is 360 g/mol. The molecular weight excluding hydrogens is 340 g/mol.